The number of nitrogens with one attached hydrogen (secondary N) is 15. The van der Waals surface area contributed by atoms with Crippen LogP contribution in [0.15, 0.2) is 47.8 Å². The molecule has 712 valence electrons. The Morgan fingerprint density at radius 2 is 0.727 bits per heavy atom. The minimum Gasteiger partial charge on any atom is -0.481 e. The number of hydrogen-bond acceptors (Lipinski definition) is 28. The van der Waals surface area contributed by atoms with E-state index in [9.17, 15) is 136 Å². The third-order valence-electron chi connectivity index (χ3n) is 19.0. The van der Waals surface area contributed by atoms with Gasteiger partial charge in [0.25, 0.3) is 0 Å². The number of aliphatic carboxylic acids is 6. The van der Waals surface area contributed by atoms with Gasteiger partial charge in [0.15, 0.2) is 5.96 Å². The van der Waals surface area contributed by atoms with Crippen molar-refractivity contribution >= 4 is 142 Å². The zero-order chi connectivity index (χ0) is 96.3. The number of unbranched alkanes of at least 4 members (excludes halogenated alkanes) is 2. The molecule has 51 nitrogen and oxygen atoms in total. The lowest BCUT2D eigenvalue weighted by molar-refractivity contribution is -0.144. The van der Waals surface area contributed by atoms with Gasteiger partial charge in [-0.25, -0.2) is 9.78 Å². The molecule has 1 aromatic carbocycles. The van der Waals surface area contributed by atoms with Crippen LogP contribution in [0.2, 0.25) is 0 Å². The summed E-state index contributed by atoms with van der Waals surface area (Å²) < 4.78 is 0. The summed E-state index contributed by atoms with van der Waals surface area (Å²) in [6.07, 6.45) is -4.44. The predicted molar refractivity (Wildman–Crippen MR) is 450 cm³/mol. The van der Waals surface area contributed by atoms with Crippen molar-refractivity contribution in [2.75, 3.05) is 38.2 Å². The third kappa shape index (κ3) is 44.6. The molecule has 2 rings (SSSR count). The van der Waals surface area contributed by atoms with Gasteiger partial charge in [-0.1, -0.05) is 36.8 Å². The maximum Gasteiger partial charge on any atom is 0.328 e. The van der Waals surface area contributed by atoms with E-state index in [0.29, 0.717) is 24.9 Å². The zero-order valence-electron chi connectivity index (χ0n) is 70.8. The molecular weight excluding hydrogens is 1720 g/mol. The molecule has 0 spiro atoms. The van der Waals surface area contributed by atoms with Crippen LogP contribution in [0, 0.1) is 0 Å². The summed E-state index contributed by atoms with van der Waals surface area (Å²) in [5.74, 6) is -26.7. The molecule has 0 saturated heterocycles. The molecule has 1 heterocycles. The van der Waals surface area contributed by atoms with Gasteiger partial charge in [-0.05, 0) is 128 Å². The maximum absolute atomic E-state index is 14.9. The number of aliphatic hydroxyl groups excluding tert-OH is 1. The van der Waals surface area contributed by atoms with Crippen LogP contribution >= 0.6 is 11.8 Å². The highest BCUT2D eigenvalue weighted by molar-refractivity contribution is 7.98. The average molecular weight is 1830 g/mol. The van der Waals surface area contributed by atoms with Crippen molar-refractivity contribution < 1.29 is 136 Å². The molecule has 0 saturated carbocycles. The number of aliphatic imine (C=N–C) groups is 1. The number of thioether (sulfide) groups is 1. The highest BCUT2D eigenvalue weighted by Gasteiger charge is 2.39. The Hall–Kier alpha value is -13.2. The Kier molecular flexibility index (Phi) is 51.6. The smallest absolute Gasteiger partial charge is 0.328 e. The molecule has 2 aromatic rings. The first-order valence-electron chi connectivity index (χ1n) is 40.6. The second-order valence-corrected chi connectivity index (χ2v) is 30.4. The van der Waals surface area contributed by atoms with Crippen LogP contribution in [-0.2, 0) is 114 Å². The lowest BCUT2D eigenvalue weighted by Crippen LogP contribution is -2.61. The molecule has 0 fully saturated rings. The number of aromatic nitrogens is 2. The first kappa shape index (κ1) is 111. The van der Waals surface area contributed by atoms with Gasteiger partial charge in [-0.2, -0.15) is 11.8 Å². The van der Waals surface area contributed by atoms with E-state index in [1.807, 2.05) is 5.32 Å². The van der Waals surface area contributed by atoms with E-state index < -0.39 is 318 Å². The van der Waals surface area contributed by atoms with Crippen LogP contribution < -0.4 is 109 Å². The van der Waals surface area contributed by atoms with Crippen molar-refractivity contribution in [3.05, 3.63) is 54.1 Å². The average Bonchev–Trinajstić information content (AvgIpc) is 1.03. The molecular formula is C76H119N23O28S. The highest BCUT2D eigenvalue weighted by atomic mass is 32.2. The number of aliphatic hydroxyl groups is 1. The van der Waals surface area contributed by atoms with E-state index in [4.69, 9.17) is 34.4 Å². The number of rotatable bonds is 66. The van der Waals surface area contributed by atoms with E-state index in [0.717, 1.165) is 13.8 Å². The monoisotopic (exact) mass is 1830 g/mol. The minimum absolute atomic E-state index is 0.0444. The van der Waals surface area contributed by atoms with Crippen molar-refractivity contribution in [3.8, 4) is 0 Å². The molecule has 0 aliphatic heterocycles. The number of carboxylic acids is 6. The minimum atomic E-state index is -1.98. The Balaban J connectivity index is 2.63. The number of aromatic amines is 1. The van der Waals surface area contributed by atoms with Gasteiger partial charge in [-0.15, -0.1) is 0 Å². The molecule has 0 aliphatic carbocycles. The number of carbonyl (C=O) groups excluding carboxylic acids is 15. The van der Waals surface area contributed by atoms with Crippen LogP contribution in [0.4, 0.5) is 0 Å². The first-order valence-corrected chi connectivity index (χ1v) is 42.0. The van der Waals surface area contributed by atoms with E-state index in [1.54, 1.807) is 24.5 Å². The van der Waals surface area contributed by atoms with E-state index in [-0.39, 0.29) is 63.1 Å². The largest absolute Gasteiger partial charge is 0.481 e. The number of nitrogens with two attached hydrogens (primary N) is 6. The normalized spacial score (nSPS) is 14.5. The third-order valence-corrected chi connectivity index (χ3v) is 19.6. The van der Waals surface area contributed by atoms with Gasteiger partial charge in [0, 0.05) is 57.7 Å². The summed E-state index contributed by atoms with van der Waals surface area (Å²) in [7, 11) is 0. The summed E-state index contributed by atoms with van der Waals surface area (Å²) in [5, 5.41) is 99.8. The fourth-order valence-electron chi connectivity index (χ4n) is 11.9. The summed E-state index contributed by atoms with van der Waals surface area (Å²) in [4.78, 5) is 292. The molecule has 0 aliphatic rings. The van der Waals surface area contributed by atoms with Crippen LogP contribution in [0.1, 0.15) is 154 Å². The summed E-state index contributed by atoms with van der Waals surface area (Å²) >= 11 is 1.18. The first-order chi connectivity index (χ1) is 60.4. The fraction of sp³-hybridized carbons (Fsp3) is 0.592. The van der Waals surface area contributed by atoms with Gasteiger partial charge in [0.1, 0.15) is 84.6 Å². The molecule has 15 atom stereocenters. The van der Waals surface area contributed by atoms with Gasteiger partial charge >= 0.3 is 35.8 Å². The van der Waals surface area contributed by atoms with E-state index in [2.05, 4.69) is 84.1 Å². The molecule has 52 heteroatoms. The molecule has 34 N–H and O–H groups in total. The number of hydrogen-bond donors (Lipinski definition) is 28. The Morgan fingerprint density at radius 3 is 1.11 bits per heavy atom. The summed E-state index contributed by atoms with van der Waals surface area (Å²) in [5.41, 5.74) is 34.4. The van der Waals surface area contributed by atoms with Crippen LogP contribution in [0.5, 0.6) is 0 Å². The number of nitrogens with zero attached hydrogens (tertiary/aromatic N) is 2. The van der Waals surface area contributed by atoms with Gasteiger partial charge in [0.2, 0.25) is 88.6 Å². The zero-order valence-corrected chi connectivity index (χ0v) is 71.6. The van der Waals surface area contributed by atoms with Crippen molar-refractivity contribution in [1.29, 1.82) is 0 Å². The number of H-pyrrole nitrogens is 1. The Morgan fingerprint density at radius 1 is 0.391 bits per heavy atom. The predicted octanol–water partition coefficient (Wildman–Crippen LogP) is -9.31. The molecule has 15 amide bonds. The number of guanidine groups is 1. The quantitative estimate of drug-likeness (QED) is 0.0166. The number of carbonyl (C=O) groups is 21. The molecule has 128 heavy (non-hydrogen) atoms. The number of benzene rings is 1. The SMILES string of the molecule is CSCC[C@H](NC(=O)[C@H](Cc1c[nH]cn1)NC(=O)[C@H](CCC(N)=O)NC(=O)[C@H](CCCN=C(N)N)NC(=O)[C@H](CCC(=O)O)NC(=O)[C@H](Cc1ccccc1)NC(=O)[C@H](CCCCN)NC(=O)[C@H](CCC(=O)O)NC(=O)[C@H](C)NC(=O)[C@H](C)NC(=O)[C@H](CCC(=O)O)NC(=O)[C@H](CCC(=O)O)NC(=O)[C@@H](N)CCCCN)C(=O)N[C@@H](CC(=O)O)C(=O)N[C@@H](CO)C(=O)O. The van der Waals surface area contributed by atoms with Crippen LogP contribution in [0.3, 0.4) is 0 Å². The van der Waals surface area contributed by atoms with E-state index >= 15 is 0 Å². The fourth-order valence-corrected chi connectivity index (χ4v) is 12.4. The lowest BCUT2D eigenvalue weighted by Gasteiger charge is -2.28. The number of primary amides is 1. The van der Waals surface area contributed by atoms with Gasteiger partial charge in [0.05, 0.1) is 31.1 Å². The van der Waals surface area contributed by atoms with Crippen molar-refractivity contribution in [2.24, 2.45) is 39.4 Å². The summed E-state index contributed by atoms with van der Waals surface area (Å²) in [6, 6.07) is -18.2. The molecule has 0 radical (unpaired) electrons. The van der Waals surface area contributed by atoms with Crippen molar-refractivity contribution in [3.63, 3.8) is 0 Å². The standard InChI is InChI=1S/C76H119N23O28S/c1-38(87-64(115)46(18-23-56(102)103)93-68(119)48(20-25-58(106)107)89-63(114)42(79)14-7-9-28-77)61(112)86-39(2)62(113)88-47(19-24-57(104)105)67(118)90-43(15-8-10-29-78)66(117)96-51(32-40-12-5-4-6-13-40)72(123)94-49(21-26-59(108)109)69(120)91-44(16-11-30-84-76(81)82)65(116)92-45(17-22-55(80)101)70(121)97-52(33-41-35-83-37-85-41)73(124)95-50(27-31-128-3)71(122)98-53(34-60(110)111)74(125)99-54(36-100)75(126)127/h4-6,12-13,35,37-39,42-54,100H,7-11,14-34,36,77-79H2,1-3H3,(H2,80,101)(H,83,85)(H,86,112)(H,87,115)(H,88,113)(H,89,114)(H,90,118)(H,91,120)(H,92,116)(H,93,119)(H,94,123)(H,95,124)(H,96,117)(H,97,121)(H,98,122)(H,99,125)(H,102,103)(H,104,105)(H,106,107)(H,108,109)(H,110,111)(H,126,127)(H4,81,82,84)/t38-,39-,42-,43-,44-,45-,46-,47-,48-,49-,50-,51-,52-,53-,54-/m0/s1. The number of imidazole rings is 1. The van der Waals surface area contributed by atoms with Crippen molar-refractivity contribution in [2.45, 2.75) is 246 Å². The van der Waals surface area contributed by atoms with Gasteiger partial charge in [-0.3, -0.25) is 101 Å². The second-order valence-electron chi connectivity index (χ2n) is 29.4. The summed E-state index contributed by atoms with van der Waals surface area (Å²) in [6.45, 7) is 1.21. The Labute approximate surface area is 737 Å². The van der Waals surface area contributed by atoms with Crippen LogP contribution in [0.25, 0.3) is 0 Å². The molecule has 0 unspecified atom stereocenters. The van der Waals surface area contributed by atoms with Crippen molar-refractivity contribution in [1.82, 2.24) is 84.4 Å². The Bertz CT molecular complexity index is 4130. The number of amides is 15. The maximum atomic E-state index is 14.9. The highest BCUT2D eigenvalue weighted by Crippen LogP contribution is 2.15. The number of carboxylic acid groups (broad SMARTS) is 6. The van der Waals surface area contributed by atoms with Gasteiger partial charge < -0.3 is 150 Å². The topological polar surface area (TPSA) is 866 Å². The molecule has 0 bridgehead atoms. The second kappa shape index (κ2) is 59.6. The lowest BCUT2D eigenvalue weighted by atomic mass is 10.0. The van der Waals surface area contributed by atoms with E-state index in [1.165, 1.54) is 36.4 Å². The van der Waals surface area contributed by atoms with Crippen LogP contribution in [-0.4, -0.2) is 305 Å². The molecule has 1 aromatic heterocycles.